The summed E-state index contributed by atoms with van der Waals surface area (Å²) in [7, 11) is 0. The molecule has 2 aromatic rings. The van der Waals surface area contributed by atoms with Gasteiger partial charge in [-0.2, -0.15) is 0 Å². The Bertz CT molecular complexity index is 730. The van der Waals surface area contributed by atoms with E-state index >= 15 is 0 Å². The van der Waals surface area contributed by atoms with Crippen molar-refractivity contribution in [3.05, 3.63) is 47.1 Å². The molecule has 4 nitrogen and oxygen atoms in total. The zero-order valence-corrected chi connectivity index (χ0v) is 13.9. The monoisotopic (exact) mass is 360 g/mol. The summed E-state index contributed by atoms with van der Waals surface area (Å²) in [6.45, 7) is 3.65. The molecular weight excluding hydrogens is 344 g/mol. The lowest BCUT2D eigenvalue weighted by Gasteiger charge is -2.30. The normalized spacial score (nSPS) is 17.7. The Balaban J connectivity index is 1.94. The fourth-order valence-corrected chi connectivity index (χ4v) is 3.19. The summed E-state index contributed by atoms with van der Waals surface area (Å²) in [4.78, 5) is 18.6. The van der Waals surface area contributed by atoms with E-state index in [1.165, 1.54) is 0 Å². The van der Waals surface area contributed by atoms with Gasteiger partial charge in [-0.25, -0.2) is 0 Å². The Morgan fingerprint density at radius 2 is 2.32 bits per heavy atom. The van der Waals surface area contributed by atoms with Crippen molar-refractivity contribution in [2.45, 2.75) is 6.92 Å². The second-order valence-electron chi connectivity index (χ2n) is 5.16. The van der Waals surface area contributed by atoms with Gasteiger partial charge in [-0.1, -0.05) is 24.3 Å². The summed E-state index contributed by atoms with van der Waals surface area (Å²) >= 11 is 3.54. The number of aromatic nitrogens is 1. The van der Waals surface area contributed by atoms with Gasteiger partial charge in [0.15, 0.2) is 0 Å². The van der Waals surface area contributed by atoms with Crippen LogP contribution in [0.3, 0.4) is 0 Å². The van der Waals surface area contributed by atoms with E-state index < -0.39 is 0 Å². The van der Waals surface area contributed by atoms with E-state index in [-0.39, 0.29) is 11.9 Å². The van der Waals surface area contributed by atoms with Crippen LogP contribution in [0.1, 0.15) is 6.92 Å². The van der Waals surface area contributed by atoms with Gasteiger partial charge in [0.05, 0.1) is 18.0 Å². The second kappa shape index (κ2) is 6.48. The molecule has 1 aliphatic rings. The maximum atomic E-state index is 12.0. The summed E-state index contributed by atoms with van der Waals surface area (Å²) in [6, 6.07) is 8.03. The minimum Gasteiger partial charge on any atom is -0.465 e. The zero-order chi connectivity index (χ0) is 15.5. The number of carbonyl (C=O) groups is 1. The molecule has 1 atom stereocenters. The molecule has 0 amide bonds. The van der Waals surface area contributed by atoms with Gasteiger partial charge in [0.25, 0.3) is 0 Å². The number of hydrogen-bond donors (Lipinski definition) is 0. The molecule has 1 aromatic carbocycles. The number of hydrogen-bond acceptors (Lipinski definition) is 4. The van der Waals surface area contributed by atoms with Crippen LogP contribution in [0, 0.1) is 5.92 Å². The number of fused-ring (bicyclic) bond motifs is 1. The number of rotatable bonds is 3. The predicted octanol–water partition coefficient (Wildman–Crippen LogP) is 3.55. The third-order valence-electron chi connectivity index (χ3n) is 3.74. The first-order valence-corrected chi connectivity index (χ1v) is 8.11. The number of carbonyl (C=O) groups excluding carboxylic acids is 1. The summed E-state index contributed by atoms with van der Waals surface area (Å²) in [5.41, 5.74) is 2.02. The Kier molecular flexibility index (Phi) is 4.43. The lowest BCUT2D eigenvalue weighted by molar-refractivity contribution is -0.146. The van der Waals surface area contributed by atoms with Crippen LogP contribution < -0.4 is 4.90 Å². The highest BCUT2D eigenvalue weighted by Gasteiger charge is 2.24. The molecule has 5 heteroatoms. The number of esters is 1. The average molecular weight is 361 g/mol. The Morgan fingerprint density at radius 3 is 3.14 bits per heavy atom. The molecule has 0 spiro atoms. The van der Waals surface area contributed by atoms with Crippen LogP contribution in [-0.2, 0) is 9.53 Å². The van der Waals surface area contributed by atoms with Gasteiger partial charge < -0.3 is 9.64 Å². The minimum atomic E-state index is -0.218. The molecule has 1 aliphatic heterocycles. The highest BCUT2D eigenvalue weighted by Crippen LogP contribution is 2.31. The molecule has 0 saturated carbocycles. The number of anilines is 1. The van der Waals surface area contributed by atoms with E-state index in [2.05, 4.69) is 31.9 Å². The number of benzene rings is 1. The minimum absolute atomic E-state index is 0.164. The molecule has 1 unspecified atom stereocenters. The van der Waals surface area contributed by atoms with Crippen molar-refractivity contribution >= 4 is 38.5 Å². The van der Waals surface area contributed by atoms with Gasteiger partial charge in [-0.15, -0.1) is 0 Å². The summed E-state index contributed by atoms with van der Waals surface area (Å²) in [5, 5.41) is 1.08. The molecule has 22 heavy (non-hydrogen) atoms. The van der Waals surface area contributed by atoms with E-state index in [0.717, 1.165) is 27.6 Å². The van der Waals surface area contributed by atoms with E-state index in [0.29, 0.717) is 13.2 Å². The summed E-state index contributed by atoms with van der Waals surface area (Å²) in [6.07, 6.45) is 5.77. The van der Waals surface area contributed by atoms with Crippen molar-refractivity contribution in [2.75, 3.05) is 24.6 Å². The topological polar surface area (TPSA) is 42.4 Å². The maximum Gasteiger partial charge on any atom is 0.314 e. The number of pyridine rings is 1. The molecular formula is C17H17BrN2O2. The lowest BCUT2D eigenvalue weighted by atomic mass is 10.0. The van der Waals surface area contributed by atoms with Crippen LogP contribution in [0.5, 0.6) is 0 Å². The fraction of sp³-hybridized carbons (Fsp3) is 0.294. The Morgan fingerprint density at radius 1 is 1.45 bits per heavy atom. The molecule has 2 heterocycles. The number of ether oxygens (including phenoxy) is 1. The van der Waals surface area contributed by atoms with E-state index in [9.17, 15) is 4.79 Å². The van der Waals surface area contributed by atoms with Crippen molar-refractivity contribution in [1.82, 2.24) is 4.98 Å². The molecule has 0 fully saturated rings. The van der Waals surface area contributed by atoms with Crippen molar-refractivity contribution in [3.63, 3.8) is 0 Å². The second-order valence-corrected chi connectivity index (χ2v) is 6.01. The predicted molar refractivity (Wildman–Crippen MR) is 90.9 cm³/mol. The molecule has 114 valence electrons. The molecule has 0 saturated heterocycles. The van der Waals surface area contributed by atoms with Gasteiger partial charge in [-0.3, -0.25) is 9.78 Å². The van der Waals surface area contributed by atoms with Gasteiger partial charge in [0, 0.05) is 34.8 Å². The first kappa shape index (κ1) is 15.0. The first-order valence-electron chi connectivity index (χ1n) is 7.32. The van der Waals surface area contributed by atoms with Crippen LogP contribution in [-0.4, -0.2) is 30.6 Å². The smallest absolute Gasteiger partial charge is 0.314 e. The molecule has 3 rings (SSSR count). The van der Waals surface area contributed by atoms with Crippen LogP contribution >= 0.6 is 15.9 Å². The van der Waals surface area contributed by atoms with Crippen molar-refractivity contribution in [2.24, 2.45) is 5.92 Å². The van der Waals surface area contributed by atoms with Crippen LogP contribution in [0.2, 0.25) is 0 Å². The van der Waals surface area contributed by atoms with Crippen LogP contribution in [0.25, 0.3) is 10.9 Å². The van der Waals surface area contributed by atoms with Crippen molar-refractivity contribution < 1.29 is 9.53 Å². The summed E-state index contributed by atoms with van der Waals surface area (Å²) in [5.74, 6) is -0.382. The maximum absolute atomic E-state index is 12.0. The standard InChI is InChI=1S/C17H17BrN2O2/c1-2-22-17(21)12-5-4-10-20(11-12)15-8-9-19-16-13(15)6-3-7-14(16)18/h3-9,12H,2,10-11H2,1H3. The molecule has 1 aromatic heterocycles. The third kappa shape index (κ3) is 2.86. The molecule has 0 radical (unpaired) electrons. The highest BCUT2D eigenvalue weighted by molar-refractivity contribution is 9.10. The number of nitrogens with zero attached hydrogens (tertiary/aromatic N) is 2. The summed E-state index contributed by atoms with van der Waals surface area (Å²) < 4.78 is 6.11. The number of halogens is 1. The Labute approximate surface area is 137 Å². The van der Waals surface area contributed by atoms with Gasteiger partial charge in [-0.05, 0) is 35.0 Å². The van der Waals surface area contributed by atoms with Crippen molar-refractivity contribution in [3.8, 4) is 0 Å². The Hall–Kier alpha value is -1.88. The zero-order valence-electron chi connectivity index (χ0n) is 12.3. The number of para-hydroxylation sites is 1. The van der Waals surface area contributed by atoms with Gasteiger partial charge in [0.2, 0.25) is 0 Å². The molecule has 0 N–H and O–H groups in total. The van der Waals surface area contributed by atoms with E-state index in [1.807, 2.05) is 37.3 Å². The average Bonchev–Trinajstić information content (AvgIpc) is 2.55. The van der Waals surface area contributed by atoms with E-state index in [1.54, 1.807) is 6.20 Å². The molecule has 0 aliphatic carbocycles. The molecule has 0 bridgehead atoms. The van der Waals surface area contributed by atoms with Crippen LogP contribution in [0.4, 0.5) is 5.69 Å². The van der Waals surface area contributed by atoms with E-state index in [4.69, 9.17) is 4.74 Å². The van der Waals surface area contributed by atoms with Gasteiger partial charge >= 0.3 is 5.97 Å². The largest absolute Gasteiger partial charge is 0.465 e. The first-order chi connectivity index (χ1) is 10.7. The van der Waals surface area contributed by atoms with Crippen LogP contribution in [0.15, 0.2) is 47.1 Å². The quantitative estimate of drug-likeness (QED) is 0.619. The third-order valence-corrected chi connectivity index (χ3v) is 4.38. The SMILES string of the molecule is CCOC(=O)C1C=CCN(c2ccnc3c(Br)cccc23)C1. The highest BCUT2D eigenvalue weighted by atomic mass is 79.9. The fourth-order valence-electron chi connectivity index (χ4n) is 2.73. The lowest BCUT2D eigenvalue weighted by Crippen LogP contribution is -2.36. The van der Waals surface area contributed by atoms with Gasteiger partial charge in [0.1, 0.15) is 0 Å². The van der Waals surface area contributed by atoms with Crippen molar-refractivity contribution in [1.29, 1.82) is 0 Å².